The quantitative estimate of drug-likeness (QED) is 0.630. The summed E-state index contributed by atoms with van der Waals surface area (Å²) >= 11 is 0. The number of hydrogen-bond donors (Lipinski definition) is 1. The Morgan fingerprint density at radius 1 is 1.07 bits per heavy atom. The average Bonchev–Trinajstić information content (AvgIpc) is 2.69. The molecule has 0 bridgehead atoms. The second-order valence-electron chi connectivity index (χ2n) is 7.02. The molecule has 0 aliphatic carbocycles. The van der Waals surface area contributed by atoms with E-state index in [-0.39, 0.29) is 29.6 Å². The van der Waals surface area contributed by atoms with Crippen LogP contribution in [0.25, 0.3) is 0 Å². The van der Waals surface area contributed by atoms with Gasteiger partial charge in [-0.25, -0.2) is 12.7 Å². The summed E-state index contributed by atoms with van der Waals surface area (Å²) < 4.78 is 26.5. The van der Waals surface area contributed by atoms with Gasteiger partial charge in [0.15, 0.2) is 5.78 Å². The molecule has 6 nitrogen and oxygen atoms in total. The predicted molar refractivity (Wildman–Crippen MR) is 115 cm³/mol. The van der Waals surface area contributed by atoms with Crippen molar-refractivity contribution in [1.82, 2.24) is 4.31 Å². The molecule has 29 heavy (non-hydrogen) atoms. The lowest BCUT2D eigenvalue weighted by atomic mass is 10.1. The van der Waals surface area contributed by atoms with Gasteiger partial charge in [0.05, 0.1) is 4.90 Å². The van der Waals surface area contributed by atoms with Crippen LogP contribution in [0, 0.1) is 6.92 Å². The van der Waals surface area contributed by atoms with Gasteiger partial charge in [-0.2, -0.15) is 0 Å². The molecule has 2 aromatic carbocycles. The molecule has 1 amide bonds. The van der Waals surface area contributed by atoms with Crippen LogP contribution in [-0.4, -0.2) is 38.0 Å². The summed E-state index contributed by atoms with van der Waals surface area (Å²) in [5, 5.41) is 2.95. The van der Waals surface area contributed by atoms with Crippen molar-refractivity contribution in [2.45, 2.75) is 44.9 Å². The van der Waals surface area contributed by atoms with Crippen LogP contribution < -0.4 is 5.32 Å². The summed E-state index contributed by atoms with van der Waals surface area (Å²) in [5.41, 5.74) is 3.39. The largest absolute Gasteiger partial charge is 0.326 e. The third-order valence-corrected chi connectivity index (χ3v) is 6.72. The number of carbonyl (C=O) groups excluding carboxylic acids is 2. The summed E-state index contributed by atoms with van der Waals surface area (Å²) in [5.74, 6) is -0.251. The van der Waals surface area contributed by atoms with E-state index in [0.717, 1.165) is 23.2 Å². The molecule has 0 saturated heterocycles. The SMILES string of the molecule is CCc1cccc(C)c1NC(=O)CCCN(C)S(=O)(=O)c1ccc(C(C)=O)cc1. The van der Waals surface area contributed by atoms with Crippen molar-refractivity contribution < 1.29 is 18.0 Å². The maximum absolute atomic E-state index is 12.6. The van der Waals surface area contributed by atoms with Crippen LogP contribution >= 0.6 is 0 Å². The number of nitrogens with one attached hydrogen (secondary N) is 1. The van der Waals surface area contributed by atoms with Crippen LogP contribution in [0.15, 0.2) is 47.4 Å². The summed E-state index contributed by atoms with van der Waals surface area (Å²) in [6.07, 6.45) is 1.45. The van der Waals surface area contributed by atoms with Crippen LogP contribution in [0.5, 0.6) is 0 Å². The molecule has 0 aliphatic heterocycles. The van der Waals surface area contributed by atoms with E-state index >= 15 is 0 Å². The van der Waals surface area contributed by atoms with E-state index in [1.165, 1.54) is 42.5 Å². The number of aryl methyl sites for hydroxylation is 2. The van der Waals surface area contributed by atoms with E-state index < -0.39 is 10.0 Å². The Kier molecular flexibility index (Phi) is 7.70. The maximum Gasteiger partial charge on any atom is 0.242 e. The van der Waals surface area contributed by atoms with E-state index in [9.17, 15) is 18.0 Å². The number of Topliss-reactive ketones (excluding diaryl/α,β-unsaturated/α-hetero) is 1. The topological polar surface area (TPSA) is 83.6 Å². The minimum absolute atomic E-state index is 0.117. The van der Waals surface area contributed by atoms with Crippen LogP contribution in [0.2, 0.25) is 0 Å². The minimum Gasteiger partial charge on any atom is -0.326 e. The molecule has 0 atom stereocenters. The fourth-order valence-corrected chi connectivity index (χ4v) is 4.24. The number of anilines is 1. The smallest absolute Gasteiger partial charge is 0.242 e. The van der Waals surface area contributed by atoms with Gasteiger partial charge >= 0.3 is 0 Å². The third-order valence-electron chi connectivity index (χ3n) is 4.85. The van der Waals surface area contributed by atoms with E-state index in [1.54, 1.807) is 0 Å². The average molecular weight is 417 g/mol. The molecule has 2 aromatic rings. The number of carbonyl (C=O) groups is 2. The van der Waals surface area contributed by atoms with Crippen molar-refractivity contribution in [2.75, 3.05) is 18.9 Å². The molecular formula is C22H28N2O4S. The van der Waals surface area contributed by atoms with Crippen molar-refractivity contribution in [3.05, 3.63) is 59.2 Å². The molecule has 0 unspecified atom stereocenters. The Labute approximate surface area is 173 Å². The summed E-state index contributed by atoms with van der Waals surface area (Å²) in [6, 6.07) is 11.8. The van der Waals surface area contributed by atoms with Crippen molar-refractivity contribution in [1.29, 1.82) is 0 Å². The summed E-state index contributed by atoms with van der Waals surface area (Å²) in [6.45, 7) is 5.64. The molecule has 2 rings (SSSR count). The number of amides is 1. The van der Waals surface area contributed by atoms with E-state index in [4.69, 9.17) is 0 Å². The molecule has 0 heterocycles. The maximum atomic E-state index is 12.6. The number of benzene rings is 2. The Hall–Kier alpha value is -2.51. The third kappa shape index (κ3) is 5.74. The van der Waals surface area contributed by atoms with Crippen LogP contribution in [0.1, 0.15) is 48.2 Å². The molecule has 0 fully saturated rings. The van der Waals surface area contributed by atoms with E-state index in [1.807, 2.05) is 32.0 Å². The molecule has 0 aromatic heterocycles. The Morgan fingerprint density at radius 3 is 2.31 bits per heavy atom. The van der Waals surface area contributed by atoms with Gasteiger partial charge in [0.2, 0.25) is 15.9 Å². The summed E-state index contributed by atoms with van der Waals surface area (Å²) in [4.78, 5) is 23.8. The Balaban J connectivity index is 1.94. The Bertz CT molecular complexity index is 982. The van der Waals surface area contributed by atoms with Crippen molar-refractivity contribution in [3.63, 3.8) is 0 Å². The van der Waals surface area contributed by atoms with Crippen molar-refractivity contribution in [3.8, 4) is 0 Å². The molecule has 0 spiro atoms. The zero-order chi connectivity index (χ0) is 21.6. The van der Waals surface area contributed by atoms with Gasteiger partial charge in [-0.05, 0) is 49.9 Å². The number of hydrogen-bond acceptors (Lipinski definition) is 4. The standard InChI is InChI=1S/C22H28N2O4S/c1-5-18-9-6-8-16(2)22(18)23-21(26)10-7-15-24(4)29(27,28)20-13-11-19(12-14-20)17(3)25/h6,8-9,11-14H,5,7,10,15H2,1-4H3,(H,23,26). The lowest BCUT2D eigenvalue weighted by Gasteiger charge is -2.17. The second-order valence-corrected chi connectivity index (χ2v) is 9.07. The molecule has 0 aliphatic rings. The van der Waals surface area contributed by atoms with Gasteiger partial charge in [0.25, 0.3) is 0 Å². The van der Waals surface area contributed by atoms with Gasteiger partial charge in [-0.3, -0.25) is 9.59 Å². The molecule has 156 valence electrons. The number of rotatable bonds is 9. The van der Waals surface area contributed by atoms with Crippen LogP contribution in [-0.2, 0) is 21.2 Å². The lowest BCUT2D eigenvalue weighted by molar-refractivity contribution is -0.116. The van der Waals surface area contributed by atoms with Crippen molar-refractivity contribution >= 4 is 27.4 Å². The minimum atomic E-state index is -3.67. The van der Waals surface area contributed by atoms with Crippen LogP contribution in [0.4, 0.5) is 5.69 Å². The summed E-state index contributed by atoms with van der Waals surface area (Å²) in [7, 11) is -2.18. The first-order valence-corrected chi connectivity index (χ1v) is 11.1. The molecule has 1 N–H and O–H groups in total. The lowest BCUT2D eigenvalue weighted by Crippen LogP contribution is -2.28. The first kappa shape index (κ1) is 22.8. The zero-order valence-corrected chi connectivity index (χ0v) is 18.2. The number of sulfonamides is 1. The fourth-order valence-electron chi connectivity index (χ4n) is 3.03. The van der Waals surface area contributed by atoms with Crippen LogP contribution in [0.3, 0.4) is 0 Å². The fraction of sp³-hybridized carbons (Fsp3) is 0.364. The van der Waals surface area contributed by atoms with Gasteiger partial charge in [-0.15, -0.1) is 0 Å². The molecule has 0 radical (unpaired) electrons. The van der Waals surface area contributed by atoms with Crippen molar-refractivity contribution in [2.24, 2.45) is 0 Å². The first-order chi connectivity index (χ1) is 13.7. The van der Waals surface area contributed by atoms with E-state index in [0.29, 0.717) is 12.0 Å². The van der Waals surface area contributed by atoms with Gasteiger partial charge in [-0.1, -0.05) is 37.3 Å². The first-order valence-electron chi connectivity index (χ1n) is 9.62. The molecule has 7 heteroatoms. The van der Waals surface area contributed by atoms with Gasteiger partial charge < -0.3 is 5.32 Å². The molecule has 0 saturated carbocycles. The highest BCUT2D eigenvalue weighted by atomic mass is 32.2. The predicted octanol–water partition coefficient (Wildman–Crippen LogP) is 3.80. The second kappa shape index (κ2) is 9.80. The number of para-hydroxylation sites is 1. The highest BCUT2D eigenvalue weighted by molar-refractivity contribution is 7.89. The zero-order valence-electron chi connectivity index (χ0n) is 17.4. The van der Waals surface area contributed by atoms with Gasteiger partial charge in [0.1, 0.15) is 0 Å². The molecular weight excluding hydrogens is 388 g/mol. The highest BCUT2D eigenvalue weighted by Crippen LogP contribution is 2.21. The van der Waals surface area contributed by atoms with E-state index in [2.05, 4.69) is 5.32 Å². The Morgan fingerprint density at radius 2 is 1.72 bits per heavy atom. The highest BCUT2D eigenvalue weighted by Gasteiger charge is 2.21. The normalized spacial score (nSPS) is 11.5. The monoisotopic (exact) mass is 416 g/mol. The number of ketones is 1. The van der Waals surface area contributed by atoms with Gasteiger partial charge in [0, 0.05) is 31.3 Å². The number of nitrogens with zero attached hydrogens (tertiary/aromatic N) is 1.